The van der Waals surface area contributed by atoms with E-state index in [9.17, 15) is 13.2 Å². The number of alkyl halides is 3. The monoisotopic (exact) mass is 394 g/mol. The molecule has 150 valence electrons. The van der Waals surface area contributed by atoms with Crippen molar-refractivity contribution in [3.63, 3.8) is 0 Å². The summed E-state index contributed by atoms with van der Waals surface area (Å²) in [7, 11) is 0. The quantitative estimate of drug-likeness (QED) is 0.566. The molecule has 1 heterocycles. The first-order valence-electron chi connectivity index (χ1n) is 8.92. The number of pyridine rings is 1. The van der Waals surface area contributed by atoms with Gasteiger partial charge in [-0.1, -0.05) is 12.1 Å². The van der Waals surface area contributed by atoms with Crippen molar-refractivity contribution in [1.29, 1.82) is 0 Å². The highest BCUT2D eigenvalue weighted by Gasteiger charge is 2.32. The molecule has 0 unspecified atom stereocenters. The number of aliphatic imine (C=N–C) groups is 1. The predicted molar refractivity (Wildman–Crippen MR) is 99.2 cm³/mol. The molecule has 0 radical (unpaired) electrons. The molecule has 0 bridgehead atoms. The molecule has 2 aromatic rings. The van der Waals surface area contributed by atoms with Crippen LogP contribution in [0.3, 0.4) is 0 Å². The first kappa shape index (κ1) is 19.8. The van der Waals surface area contributed by atoms with Crippen molar-refractivity contribution >= 4 is 11.6 Å². The number of rotatable bonds is 6. The van der Waals surface area contributed by atoms with Crippen LogP contribution in [-0.4, -0.2) is 23.4 Å². The molecule has 3 rings (SSSR count). The Labute approximate surface area is 160 Å². The molecule has 9 heteroatoms. The van der Waals surface area contributed by atoms with E-state index in [2.05, 4.69) is 20.0 Å². The number of aromatic nitrogens is 1. The second-order valence-corrected chi connectivity index (χ2v) is 6.40. The lowest BCUT2D eigenvalue weighted by atomic mass is 10.2. The fourth-order valence-electron chi connectivity index (χ4n) is 2.93. The molecule has 6 nitrogen and oxygen atoms in total. The smallest absolute Gasteiger partial charge is 0.474 e. The minimum absolute atomic E-state index is 0.0340. The summed E-state index contributed by atoms with van der Waals surface area (Å²) in [5, 5.41) is 2.63. The van der Waals surface area contributed by atoms with E-state index < -0.39 is 6.36 Å². The summed E-state index contributed by atoms with van der Waals surface area (Å²) < 4.78 is 47.3. The van der Waals surface area contributed by atoms with Crippen molar-refractivity contribution < 1.29 is 22.6 Å². The van der Waals surface area contributed by atoms with Gasteiger partial charge in [-0.3, -0.25) is 0 Å². The average Bonchev–Trinajstić information content (AvgIpc) is 3.14. The largest absolute Gasteiger partial charge is 0.573 e. The van der Waals surface area contributed by atoms with Gasteiger partial charge in [-0.05, 0) is 49.4 Å². The molecule has 1 fully saturated rings. The number of hydrogen-bond acceptors (Lipinski definition) is 4. The van der Waals surface area contributed by atoms with E-state index in [0.717, 1.165) is 31.2 Å². The third kappa shape index (κ3) is 6.04. The Morgan fingerprint density at radius 1 is 1.21 bits per heavy atom. The third-order valence-electron chi connectivity index (χ3n) is 4.20. The van der Waals surface area contributed by atoms with Crippen molar-refractivity contribution in [2.24, 2.45) is 10.7 Å². The van der Waals surface area contributed by atoms with Crippen LogP contribution in [0.15, 0.2) is 47.6 Å². The summed E-state index contributed by atoms with van der Waals surface area (Å²) in [5.74, 6) is 0.118. The number of hydrogen-bond donors (Lipinski definition) is 2. The summed E-state index contributed by atoms with van der Waals surface area (Å²) >= 11 is 0. The second kappa shape index (κ2) is 8.81. The number of guanidine groups is 1. The van der Waals surface area contributed by atoms with E-state index >= 15 is 0 Å². The first-order valence-corrected chi connectivity index (χ1v) is 8.92. The van der Waals surface area contributed by atoms with Gasteiger partial charge in [0.2, 0.25) is 5.88 Å². The lowest BCUT2D eigenvalue weighted by molar-refractivity contribution is -0.274. The molecule has 28 heavy (non-hydrogen) atoms. The zero-order valence-corrected chi connectivity index (χ0v) is 15.1. The molecule has 0 atom stereocenters. The number of nitrogens with zero attached hydrogens (tertiary/aromatic N) is 2. The van der Waals surface area contributed by atoms with Crippen LogP contribution < -0.4 is 20.5 Å². The average molecular weight is 394 g/mol. The molecule has 0 spiro atoms. The Balaban J connectivity index is 1.62. The van der Waals surface area contributed by atoms with Crippen molar-refractivity contribution in [2.45, 2.75) is 44.7 Å². The Hall–Kier alpha value is -2.97. The molecule has 1 aromatic carbocycles. The number of para-hydroxylation sites is 2. The van der Waals surface area contributed by atoms with Gasteiger partial charge in [0.25, 0.3) is 0 Å². The molecular formula is C19H21F3N4O2. The van der Waals surface area contributed by atoms with E-state index in [1.54, 1.807) is 24.4 Å². The van der Waals surface area contributed by atoms with Crippen LogP contribution in [-0.2, 0) is 6.54 Å². The molecule has 0 aliphatic heterocycles. The van der Waals surface area contributed by atoms with Gasteiger partial charge >= 0.3 is 6.36 Å². The Bertz CT molecular complexity index is 821. The standard InChI is InChI=1S/C19H21F3N4O2/c20-19(21,22)28-16-8-4-3-7-15(16)26-18(23)25-12-13-9-10-24-17(11-13)27-14-5-1-2-6-14/h3-4,7-11,14H,1-2,5-6,12H2,(H3,23,25,26). The lowest BCUT2D eigenvalue weighted by Gasteiger charge is -2.14. The summed E-state index contributed by atoms with van der Waals surface area (Å²) in [6.07, 6.45) is 1.41. The fourth-order valence-corrected chi connectivity index (χ4v) is 2.93. The van der Waals surface area contributed by atoms with Crippen LogP contribution in [0.2, 0.25) is 0 Å². The van der Waals surface area contributed by atoms with E-state index in [4.69, 9.17) is 10.5 Å². The summed E-state index contributed by atoms with van der Waals surface area (Å²) in [6, 6.07) is 9.17. The van der Waals surface area contributed by atoms with E-state index in [0.29, 0.717) is 5.88 Å². The maximum Gasteiger partial charge on any atom is 0.573 e. The number of halogens is 3. The maximum absolute atomic E-state index is 12.5. The highest BCUT2D eigenvalue weighted by atomic mass is 19.4. The Morgan fingerprint density at radius 2 is 1.96 bits per heavy atom. The van der Waals surface area contributed by atoms with Crippen LogP contribution in [0.1, 0.15) is 31.2 Å². The van der Waals surface area contributed by atoms with Crippen LogP contribution in [0.25, 0.3) is 0 Å². The van der Waals surface area contributed by atoms with Gasteiger partial charge in [-0.2, -0.15) is 0 Å². The van der Waals surface area contributed by atoms with Crippen molar-refractivity contribution in [2.75, 3.05) is 5.32 Å². The van der Waals surface area contributed by atoms with Gasteiger partial charge in [0.1, 0.15) is 6.10 Å². The third-order valence-corrected chi connectivity index (χ3v) is 4.20. The maximum atomic E-state index is 12.5. The summed E-state index contributed by atoms with van der Waals surface area (Å²) in [5.41, 5.74) is 6.71. The molecule has 0 amide bonds. The molecular weight excluding hydrogens is 373 g/mol. The number of nitrogens with one attached hydrogen (secondary N) is 1. The molecule has 1 aliphatic rings. The summed E-state index contributed by atoms with van der Waals surface area (Å²) in [4.78, 5) is 8.37. The minimum Gasteiger partial charge on any atom is -0.474 e. The van der Waals surface area contributed by atoms with Crippen LogP contribution in [0, 0.1) is 0 Å². The zero-order valence-electron chi connectivity index (χ0n) is 15.1. The molecule has 3 N–H and O–H groups in total. The van der Waals surface area contributed by atoms with Crippen molar-refractivity contribution in [3.8, 4) is 11.6 Å². The lowest BCUT2D eigenvalue weighted by Crippen LogP contribution is -2.24. The molecule has 0 saturated heterocycles. The van der Waals surface area contributed by atoms with E-state index in [1.165, 1.54) is 18.2 Å². The highest BCUT2D eigenvalue weighted by molar-refractivity contribution is 5.93. The first-order chi connectivity index (χ1) is 13.4. The van der Waals surface area contributed by atoms with Gasteiger partial charge in [-0.15, -0.1) is 13.2 Å². The van der Waals surface area contributed by atoms with Crippen LogP contribution >= 0.6 is 0 Å². The number of benzene rings is 1. The van der Waals surface area contributed by atoms with Gasteiger partial charge in [0, 0.05) is 12.3 Å². The fraction of sp³-hybridized carbons (Fsp3) is 0.368. The Morgan fingerprint density at radius 3 is 2.71 bits per heavy atom. The molecule has 1 aliphatic carbocycles. The molecule has 1 aromatic heterocycles. The predicted octanol–water partition coefficient (Wildman–Crippen LogP) is 4.23. The van der Waals surface area contributed by atoms with Gasteiger partial charge in [0.15, 0.2) is 11.7 Å². The van der Waals surface area contributed by atoms with E-state index in [-0.39, 0.29) is 30.0 Å². The normalized spacial score (nSPS) is 15.5. The van der Waals surface area contributed by atoms with Crippen molar-refractivity contribution in [3.05, 3.63) is 48.2 Å². The van der Waals surface area contributed by atoms with Crippen molar-refractivity contribution in [1.82, 2.24) is 4.98 Å². The van der Waals surface area contributed by atoms with Gasteiger partial charge < -0.3 is 20.5 Å². The van der Waals surface area contributed by atoms with Crippen LogP contribution in [0.5, 0.6) is 11.6 Å². The number of anilines is 1. The summed E-state index contributed by atoms with van der Waals surface area (Å²) in [6.45, 7) is 0.227. The van der Waals surface area contributed by atoms with E-state index in [1.807, 2.05) is 0 Å². The topological polar surface area (TPSA) is 81.8 Å². The SMILES string of the molecule is NC(=NCc1ccnc(OC2CCCC2)c1)Nc1ccccc1OC(F)(F)F. The Kier molecular flexibility index (Phi) is 6.23. The number of nitrogens with two attached hydrogens (primary N) is 1. The zero-order chi connectivity index (χ0) is 20.0. The minimum atomic E-state index is -4.80. The number of ether oxygens (including phenoxy) is 2. The van der Waals surface area contributed by atoms with Crippen LogP contribution in [0.4, 0.5) is 18.9 Å². The van der Waals surface area contributed by atoms with Gasteiger partial charge in [-0.25, -0.2) is 9.98 Å². The molecule has 1 saturated carbocycles. The second-order valence-electron chi connectivity index (χ2n) is 6.40. The van der Waals surface area contributed by atoms with Gasteiger partial charge in [0.05, 0.1) is 12.2 Å². The highest BCUT2D eigenvalue weighted by Crippen LogP contribution is 2.29.